The Morgan fingerprint density at radius 3 is 0.910 bits per heavy atom. The van der Waals surface area contributed by atoms with Crippen LogP contribution in [-0.2, 0) is 9.59 Å². The number of unbranched alkanes of at least 4 members (excludes halogenated alkanes) is 42. The third-order valence-electron chi connectivity index (χ3n) is 16.6. The number of nitrogens with zero attached hydrogens (tertiary/aromatic N) is 2. The number of amides is 2. The molecule has 0 saturated carbocycles. The first-order chi connectivity index (χ1) is 38.4. The molecular weight excluding hydrogens is 963 g/mol. The molecule has 0 rings (SSSR count). The molecule has 0 aromatic rings. The summed E-state index contributed by atoms with van der Waals surface area (Å²) in [4.78, 5) is 30.2. The third kappa shape index (κ3) is 60.8. The molecule has 0 heterocycles. The van der Waals surface area contributed by atoms with Crippen molar-refractivity contribution in [2.45, 2.75) is 367 Å². The minimum atomic E-state index is -0.467. The Morgan fingerprint density at radius 2 is 0.577 bits per heavy atom. The molecule has 0 fully saturated rings. The van der Waals surface area contributed by atoms with Gasteiger partial charge in [-0.2, -0.15) is 0 Å². The van der Waals surface area contributed by atoms with Crippen LogP contribution in [0.4, 0.5) is 0 Å². The van der Waals surface area contributed by atoms with E-state index in [1.165, 1.54) is 270 Å². The van der Waals surface area contributed by atoms with Gasteiger partial charge in [-0.25, -0.2) is 0 Å². The van der Waals surface area contributed by atoms with E-state index in [0.29, 0.717) is 39.0 Å². The summed E-state index contributed by atoms with van der Waals surface area (Å²) < 4.78 is 0. The van der Waals surface area contributed by atoms with Crippen molar-refractivity contribution in [3.63, 3.8) is 0 Å². The molecule has 2 atom stereocenters. The van der Waals surface area contributed by atoms with Crippen LogP contribution in [-0.4, -0.2) is 109 Å². The van der Waals surface area contributed by atoms with E-state index in [0.717, 1.165) is 84.2 Å². The smallest absolute Gasteiger partial charge is 0.221 e. The predicted octanol–water partition coefficient (Wildman–Crippen LogP) is 18.1. The standard InChI is InChI=1S/C69H141N5O4/c1-5-9-13-17-21-25-28-31-34-38-42-47-56-71-68(77)54-46-45-53-66(75)64-73(59-49-43-39-35-32-29-26-22-18-14-10-6-2)61-51-52-62-74(60-50-44-40-36-33-30-27-23-19-15-11-7-3)65-67(76)63-70-58-55-69(78)72-57-48-41-37-24-20-16-12-8-4/h66-67,70,75-76H,5-65H2,1-4H3,(H,71,77)(H,72,78). The van der Waals surface area contributed by atoms with Crippen LogP contribution >= 0.6 is 0 Å². The van der Waals surface area contributed by atoms with Crippen molar-refractivity contribution in [1.29, 1.82) is 0 Å². The summed E-state index contributed by atoms with van der Waals surface area (Å²) in [5, 5.41) is 32.2. The SMILES string of the molecule is CCCCCCCCCCCCCCNC(=O)CCCCC(O)CN(CCCCCCCCCCCCCC)CCCCN(CCCCCCCCCCCCCC)CC(O)CNCCC(=O)NCCCCCCCCCC. The first kappa shape index (κ1) is 76.7. The highest BCUT2D eigenvalue weighted by atomic mass is 16.3. The summed E-state index contributed by atoms with van der Waals surface area (Å²) in [7, 11) is 0. The molecule has 9 nitrogen and oxygen atoms in total. The van der Waals surface area contributed by atoms with Gasteiger partial charge in [0.1, 0.15) is 0 Å². The minimum Gasteiger partial charge on any atom is -0.392 e. The molecule has 0 spiro atoms. The molecule has 0 aliphatic carbocycles. The topological polar surface area (TPSA) is 117 Å². The fraction of sp³-hybridized carbons (Fsp3) is 0.971. The van der Waals surface area contributed by atoms with E-state index < -0.39 is 6.10 Å². The number of hydrogen-bond donors (Lipinski definition) is 5. The molecule has 0 aromatic heterocycles. The number of carbonyl (C=O) groups excluding carboxylic acids is 2. The number of rotatable bonds is 67. The normalized spacial score (nSPS) is 12.6. The van der Waals surface area contributed by atoms with Crippen molar-refractivity contribution in [1.82, 2.24) is 25.8 Å². The minimum absolute atomic E-state index is 0.105. The van der Waals surface area contributed by atoms with Gasteiger partial charge in [-0.15, -0.1) is 0 Å². The Labute approximate surface area is 488 Å². The molecular formula is C69H141N5O4. The van der Waals surface area contributed by atoms with Crippen LogP contribution in [0.2, 0.25) is 0 Å². The quantitative estimate of drug-likeness (QED) is 0.0385. The summed E-state index contributed by atoms with van der Waals surface area (Å²) >= 11 is 0. The van der Waals surface area contributed by atoms with Crippen LogP contribution in [0.15, 0.2) is 0 Å². The fourth-order valence-electron chi connectivity index (χ4n) is 11.4. The maximum atomic E-state index is 12.6. The summed E-state index contributed by atoms with van der Waals surface area (Å²) in [5.41, 5.74) is 0. The molecule has 5 N–H and O–H groups in total. The second-order valence-corrected chi connectivity index (χ2v) is 24.7. The van der Waals surface area contributed by atoms with Gasteiger partial charge in [-0.1, -0.05) is 291 Å². The van der Waals surface area contributed by atoms with Gasteiger partial charge < -0.3 is 36.0 Å². The van der Waals surface area contributed by atoms with E-state index in [-0.39, 0.29) is 17.9 Å². The fourth-order valence-corrected chi connectivity index (χ4v) is 11.4. The van der Waals surface area contributed by atoms with E-state index in [1.54, 1.807) is 0 Å². The maximum Gasteiger partial charge on any atom is 0.221 e. The average Bonchev–Trinajstić information content (AvgIpc) is 3.43. The lowest BCUT2D eigenvalue weighted by Crippen LogP contribution is -2.40. The second kappa shape index (κ2) is 64.9. The van der Waals surface area contributed by atoms with Crippen LogP contribution in [0.5, 0.6) is 0 Å². The van der Waals surface area contributed by atoms with Gasteiger partial charge in [0.25, 0.3) is 0 Å². The van der Waals surface area contributed by atoms with Crippen molar-refractivity contribution >= 4 is 11.8 Å². The van der Waals surface area contributed by atoms with Gasteiger partial charge in [-0.05, 0) is 77.5 Å². The molecule has 0 bridgehead atoms. The Kier molecular flexibility index (Phi) is 63.9. The maximum absolute atomic E-state index is 12.6. The van der Waals surface area contributed by atoms with E-state index in [4.69, 9.17) is 0 Å². The molecule has 0 radical (unpaired) electrons. The first-order valence-electron chi connectivity index (χ1n) is 35.4. The molecule has 2 unspecified atom stereocenters. The highest BCUT2D eigenvalue weighted by Gasteiger charge is 2.15. The third-order valence-corrected chi connectivity index (χ3v) is 16.6. The lowest BCUT2D eigenvalue weighted by molar-refractivity contribution is -0.121. The van der Waals surface area contributed by atoms with Crippen molar-refractivity contribution in [3.8, 4) is 0 Å². The summed E-state index contributed by atoms with van der Waals surface area (Å²) in [6.45, 7) is 17.2. The zero-order valence-corrected chi connectivity index (χ0v) is 53.4. The lowest BCUT2D eigenvalue weighted by Gasteiger charge is -2.27. The van der Waals surface area contributed by atoms with E-state index >= 15 is 0 Å². The van der Waals surface area contributed by atoms with Gasteiger partial charge in [-0.3, -0.25) is 9.59 Å². The number of aliphatic hydroxyl groups is 2. The monoisotopic (exact) mass is 1100 g/mol. The number of nitrogens with one attached hydrogen (secondary N) is 3. The molecule has 466 valence electrons. The number of carbonyl (C=O) groups is 2. The van der Waals surface area contributed by atoms with Crippen molar-refractivity contribution in [3.05, 3.63) is 0 Å². The molecule has 2 amide bonds. The van der Waals surface area contributed by atoms with Crippen LogP contribution < -0.4 is 16.0 Å². The number of hydrogen-bond acceptors (Lipinski definition) is 7. The highest BCUT2D eigenvalue weighted by molar-refractivity contribution is 5.76. The summed E-state index contributed by atoms with van der Waals surface area (Å²) in [5.74, 6) is 0.273. The van der Waals surface area contributed by atoms with Gasteiger partial charge in [0, 0.05) is 52.1 Å². The zero-order chi connectivity index (χ0) is 56.7. The zero-order valence-electron chi connectivity index (χ0n) is 53.4. The molecule has 9 heteroatoms. The van der Waals surface area contributed by atoms with Crippen LogP contribution in [0.1, 0.15) is 355 Å². The second-order valence-electron chi connectivity index (χ2n) is 24.7. The van der Waals surface area contributed by atoms with Crippen LogP contribution in [0, 0.1) is 0 Å². The van der Waals surface area contributed by atoms with E-state index in [1.807, 2.05) is 0 Å². The van der Waals surface area contributed by atoms with E-state index in [2.05, 4.69) is 53.4 Å². The average molecular weight is 1100 g/mol. The Balaban J connectivity index is 4.99. The van der Waals surface area contributed by atoms with Crippen molar-refractivity contribution < 1.29 is 19.8 Å². The van der Waals surface area contributed by atoms with Gasteiger partial charge in [0.2, 0.25) is 11.8 Å². The Bertz CT molecular complexity index is 1180. The Morgan fingerprint density at radius 1 is 0.308 bits per heavy atom. The van der Waals surface area contributed by atoms with Crippen LogP contribution in [0.3, 0.4) is 0 Å². The first-order valence-corrected chi connectivity index (χ1v) is 35.4. The number of aliphatic hydroxyl groups excluding tert-OH is 2. The highest BCUT2D eigenvalue weighted by Crippen LogP contribution is 2.17. The van der Waals surface area contributed by atoms with Gasteiger partial charge in [0.05, 0.1) is 12.2 Å². The lowest BCUT2D eigenvalue weighted by atomic mass is 10.0. The molecule has 78 heavy (non-hydrogen) atoms. The van der Waals surface area contributed by atoms with Gasteiger partial charge >= 0.3 is 0 Å². The molecule has 0 saturated heterocycles. The summed E-state index contributed by atoms with van der Waals surface area (Å²) in [6, 6.07) is 0. The Hall–Kier alpha value is -1.26. The largest absolute Gasteiger partial charge is 0.392 e. The molecule has 0 aromatic carbocycles. The predicted molar refractivity (Wildman–Crippen MR) is 342 cm³/mol. The van der Waals surface area contributed by atoms with Crippen molar-refractivity contribution in [2.24, 2.45) is 0 Å². The van der Waals surface area contributed by atoms with Gasteiger partial charge in [0.15, 0.2) is 0 Å². The van der Waals surface area contributed by atoms with Crippen molar-refractivity contribution in [2.75, 3.05) is 65.4 Å². The van der Waals surface area contributed by atoms with E-state index in [9.17, 15) is 19.8 Å². The molecule has 0 aliphatic heterocycles. The summed E-state index contributed by atoms with van der Waals surface area (Å²) in [6.07, 6.45) is 63.2. The van der Waals surface area contributed by atoms with Crippen LogP contribution in [0.25, 0.3) is 0 Å². The molecule has 0 aliphatic rings.